The van der Waals surface area contributed by atoms with Gasteiger partial charge in [-0.25, -0.2) is 0 Å². The van der Waals surface area contributed by atoms with Crippen molar-refractivity contribution in [1.82, 2.24) is 14.8 Å². The number of nitrogens with one attached hydrogen (secondary N) is 1. The van der Waals surface area contributed by atoms with E-state index in [1.54, 1.807) is 18.5 Å². The lowest BCUT2D eigenvalue weighted by molar-refractivity contribution is -0.124. The van der Waals surface area contributed by atoms with Gasteiger partial charge in [0.2, 0.25) is 5.95 Å². The number of carbonyl (C=O) groups is 1. The van der Waals surface area contributed by atoms with E-state index in [1.807, 2.05) is 0 Å². The van der Waals surface area contributed by atoms with Crippen LogP contribution >= 0.6 is 0 Å². The van der Waals surface area contributed by atoms with Gasteiger partial charge in [0.1, 0.15) is 12.4 Å². The second kappa shape index (κ2) is 3.99. The number of nitrogens with zero attached hydrogens (tertiary/aromatic N) is 3. The number of anilines is 1. The molecule has 0 spiro atoms. The van der Waals surface area contributed by atoms with Crippen LogP contribution in [0.3, 0.4) is 0 Å². The molecule has 0 aliphatic carbocycles. The minimum atomic E-state index is -0.989. The van der Waals surface area contributed by atoms with Crippen LogP contribution in [-0.2, 0) is 11.8 Å². The normalized spacial score (nSPS) is 12.5. The van der Waals surface area contributed by atoms with Gasteiger partial charge in [-0.1, -0.05) is 6.92 Å². The Morgan fingerprint density at radius 1 is 1.85 bits per heavy atom. The highest BCUT2D eigenvalue weighted by atomic mass is 16.3. The zero-order valence-electron chi connectivity index (χ0n) is 7.56. The Kier molecular flexibility index (Phi) is 2.97. The van der Waals surface area contributed by atoms with Crippen molar-refractivity contribution in [1.29, 1.82) is 0 Å². The lowest BCUT2D eigenvalue weighted by Crippen LogP contribution is -2.27. The van der Waals surface area contributed by atoms with Crippen LogP contribution in [-0.4, -0.2) is 31.9 Å². The molecule has 1 aromatic heterocycles. The maximum Gasteiger partial charge on any atom is 0.255 e. The van der Waals surface area contributed by atoms with E-state index in [2.05, 4.69) is 15.5 Å². The molecule has 6 heteroatoms. The molecule has 1 atom stereocenters. The first-order chi connectivity index (χ1) is 6.15. The van der Waals surface area contributed by atoms with Gasteiger partial charge in [0.25, 0.3) is 5.91 Å². The molecular weight excluding hydrogens is 172 g/mol. The zero-order chi connectivity index (χ0) is 9.84. The van der Waals surface area contributed by atoms with Crippen LogP contribution in [0.5, 0.6) is 0 Å². The average Bonchev–Trinajstić information content (AvgIpc) is 2.50. The Balaban J connectivity index is 2.60. The fourth-order valence-electron chi connectivity index (χ4n) is 0.775. The van der Waals surface area contributed by atoms with Crippen LogP contribution < -0.4 is 5.32 Å². The highest BCUT2D eigenvalue weighted by Crippen LogP contribution is 2.00. The van der Waals surface area contributed by atoms with Crippen molar-refractivity contribution >= 4 is 11.9 Å². The van der Waals surface area contributed by atoms with Crippen molar-refractivity contribution in [2.45, 2.75) is 19.4 Å². The van der Waals surface area contributed by atoms with Gasteiger partial charge >= 0.3 is 0 Å². The molecule has 0 aliphatic rings. The monoisotopic (exact) mass is 184 g/mol. The standard InChI is InChI=1S/C7H12N4O2/c1-3-5(12)6(13)9-7-10-8-4-11(7)2/h4-5,12H,3H2,1-2H3,(H,9,10,13). The Hall–Kier alpha value is -1.43. The Labute approximate surface area is 75.6 Å². The van der Waals surface area contributed by atoms with E-state index in [0.29, 0.717) is 12.4 Å². The van der Waals surface area contributed by atoms with Gasteiger partial charge in [-0.15, -0.1) is 10.2 Å². The van der Waals surface area contributed by atoms with Crippen LogP contribution in [0.25, 0.3) is 0 Å². The predicted octanol–water partition coefficient (Wildman–Crippen LogP) is -0.476. The topological polar surface area (TPSA) is 80.0 Å². The van der Waals surface area contributed by atoms with E-state index in [4.69, 9.17) is 5.11 Å². The van der Waals surface area contributed by atoms with E-state index in [9.17, 15) is 4.79 Å². The molecule has 6 nitrogen and oxygen atoms in total. The summed E-state index contributed by atoms with van der Waals surface area (Å²) in [5.74, 6) is -0.129. The number of aromatic nitrogens is 3. The van der Waals surface area contributed by atoms with E-state index < -0.39 is 12.0 Å². The van der Waals surface area contributed by atoms with Gasteiger partial charge in [-0.2, -0.15) is 0 Å². The van der Waals surface area contributed by atoms with Crippen LogP contribution in [0.15, 0.2) is 6.33 Å². The van der Waals surface area contributed by atoms with Crippen LogP contribution in [0.1, 0.15) is 13.3 Å². The first-order valence-electron chi connectivity index (χ1n) is 3.98. The summed E-state index contributed by atoms with van der Waals surface area (Å²) in [6, 6.07) is 0. The summed E-state index contributed by atoms with van der Waals surface area (Å²) >= 11 is 0. The van der Waals surface area contributed by atoms with Gasteiger partial charge in [-0.05, 0) is 6.42 Å². The molecule has 0 radical (unpaired) electrons. The molecule has 0 bridgehead atoms. The van der Waals surface area contributed by atoms with Crippen molar-refractivity contribution in [3.63, 3.8) is 0 Å². The number of aryl methyl sites for hydroxylation is 1. The minimum Gasteiger partial charge on any atom is -0.383 e. The molecule has 0 saturated carbocycles. The third kappa shape index (κ3) is 2.25. The second-order valence-corrected chi connectivity index (χ2v) is 2.68. The third-order valence-corrected chi connectivity index (χ3v) is 1.64. The Morgan fingerprint density at radius 2 is 2.54 bits per heavy atom. The second-order valence-electron chi connectivity index (χ2n) is 2.68. The average molecular weight is 184 g/mol. The number of aliphatic hydroxyl groups excluding tert-OH is 1. The van der Waals surface area contributed by atoms with E-state index in [0.717, 1.165) is 0 Å². The summed E-state index contributed by atoms with van der Waals surface area (Å²) < 4.78 is 1.56. The number of hydrogen-bond acceptors (Lipinski definition) is 4. The summed E-state index contributed by atoms with van der Waals surface area (Å²) in [5, 5.41) is 18.8. The molecule has 0 saturated heterocycles. The van der Waals surface area contributed by atoms with Crippen molar-refractivity contribution in [2.75, 3.05) is 5.32 Å². The Bertz CT molecular complexity index is 296. The SMILES string of the molecule is CCC(O)C(=O)Nc1nncn1C. The molecule has 1 amide bonds. The van der Waals surface area contributed by atoms with Crippen molar-refractivity contribution in [3.8, 4) is 0 Å². The van der Waals surface area contributed by atoms with Gasteiger partial charge in [0.05, 0.1) is 0 Å². The van der Waals surface area contributed by atoms with Gasteiger partial charge in [0, 0.05) is 7.05 Å². The van der Waals surface area contributed by atoms with Crippen LogP contribution in [0, 0.1) is 0 Å². The molecule has 0 fully saturated rings. The first kappa shape index (κ1) is 9.66. The van der Waals surface area contributed by atoms with E-state index in [1.165, 1.54) is 6.33 Å². The van der Waals surface area contributed by atoms with Gasteiger partial charge in [0.15, 0.2) is 0 Å². The molecular formula is C7H12N4O2. The summed E-state index contributed by atoms with van der Waals surface area (Å²) in [6.45, 7) is 1.72. The summed E-state index contributed by atoms with van der Waals surface area (Å²) in [5.41, 5.74) is 0. The van der Waals surface area contributed by atoms with Crippen molar-refractivity contribution in [3.05, 3.63) is 6.33 Å². The molecule has 13 heavy (non-hydrogen) atoms. The zero-order valence-corrected chi connectivity index (χ0v) is 7.56. The highest BCUT2D eigenvalue weighted by Gasteiger charge is 2.14. The molecule has 1 aromatic rings. The highest BCUT2D eigenvalue weighted by molar-refractivity contribution is 5.92. The summed E-state index contributed by atoms with van der Waals surface area (Å²) in [6.07, 6.45) is 0.856. The maximum atomic E-state index is 11.2. The number of aliphatic hydroxyl groups is 1. The molecule has 1 rings (SSSR count). The van der Waals surface area contributed by atoms with Gasteiger partial charge < -0.3 is 9.67 Å². The minimum absolute atomic E-state index is 0.331. The lowest BCUT2D eigenvalue weighted by Gasteiger charge is -2.07. The number of hydrogen-bond donors (Lipinski definition) is 2. The van der Waals surface area contributed by atoms with Gasteiger partial charge in [-0.3, -0.25) is 10.1 Å². The number of carbonyl (C=O) groups excluding carboxylic acids is 1. The molecule has 2 N–H and O–H groups in total. The molecule has 1 heterocycles. The Morgan fingerprint density at radius 3 is 3.00 bits per heavy atom. The lowest BCUT2D eigenvalue weighted by atomic mass is 10.3. The fourth-order valence-corrected chi connectivity index (χ4v) is 0.775. The van der Waals surface area contributed by atoms with E-state index in [-0.39, 0.29) is 0 Å². The largest absolute Gasteiger partial charge is 0.383 e. The third-order valence-electron chi connectivity index (χ3n) is 1.64. The smallest absolute Gasteiger partial charge is 0.255 e. The number of amides is 1. The molecule has 72 valence electrons. The van der Waals surface area contributed by atoms with Crippen LogP contribution in [0.4, 0.5) is 5.95 Å². The quantitative estimate of drug-likeness (QED) is 0.665. The number of rotatable bonds is 3. The summed E-state index contributed by atoms with van der Waals surface area (Å²) in [7, 11) is 1.70. The maximum absolute atomic E-state index is 11.2. The molecule has 1 unspecified atom stereocenters. The first-order valence-corrected chi connectivity index (χ1v) is 3.98. The van der Waals surface area contributed by atoms with Crippen molar-refractivity contribution < 1.29 is 9.90 Å². The van der Waals surface area contributed by atoms with Crippen LogP contribution in [0.2, 0.25) is 0 Å². The van der Waals surface area contributed by atoms with Crippen molar-refractivity contribution in [2.24, 2.45) is 7.05 Å². The van der Waals surface area contributed by atoms with E-state index >= 15 is 0 Å². The fraction of sp³-hybridized carbons (Fsp3) is 0.571. The molecule has 0 aliphatic heterocycles. The predicted molar refractivity (Wildman–Crippen MR) is 45.9 cm³/mol. The summed E-state index contributed by atoms with van der Waals surface area (Å²) in [4.78, 5) is 11.2. The molecule has 0 aromatic carbocycles.